The van der Waals surface area contributed by atoms with Crippen LogP contribution in [0.15, 0.2) is 46.7 Å². The molecule has 1 atom stereocenters. The van der Waals surface area contributed by atoms with Gasteiger partial charge in [0.1, 0.15) is 5.01 Å². The molecule has 2 aromatic rings. The van der Waals surface area contributed by atoms with E-state index in [1.807, 2.05) is 37.3 Å². The maximum Gasteiger partial charge on any atom is 0.355 e. The fourth-order valence-corrected chi connectivity index (χ4v) is 3.20. The summed E-state index contributed by atoms with van der Waals surface area (Å²) in [5.74, 6) is -0.579. The third kappa shape index (κ3) is 2.69. The van der Waals surface area contributed by atoms with Crippen molar-refractivity contribution in [3.8, 4) is 10.6 Å². The van der Waals surface area contributed by atoms with Gasteiger partial charge >= 0.3 is 5.97 Å². The second-order valence-electron chi connectivity index (χ2n) is 4.81. The van der Waals surface area contributed by atoms with Gasteiger partial charge in [0, 0.05) is 11.8 Å². The summed E-state index contributed by atoms with van der Waals surface area (Å²) in [5.41, 5.74) is 2.19. The van der Waals surface area contributed by atoms with Crippen LogP contribution in [0.1, 0.15) is 18.7 Å². The zero-order valence-electron chi connectivity index (χ0n) is 12.3. The Balaban J connectivity index is 1.80. The van der Waals surface area contributed by atoms with Crippen LogP contribution in [-0.2, 0) is 9.53 Å². The molecule has 1 aromatic heterocycles. The number of ether oxygens (including phenoxy) is 1. The Morgan fingerprint density at radius 3 is 2.77 bits per heavy atom. The predicted molar refractivity (Wildman–Crippen MR) is 87.3 cm³/mol. The summed E-state index contributed by atoms with van der Waals surface area (Å²) >= 11 is 1.55. The molecule has 0 fully saturated rings. The maximum absolute atomic E-state index is 11.8. The molecular formula is C16H15N3O2S. The Labute approximate surface area is 132 Å². The first-order valence-corrected chi connectivity index (χ1v) is 7.86. The van der Waals surface area contributed by atoms with Crippen LogP contribution in [-0.4, -0.2) is 29.0 Å². The topological polar surface area (TPSA) is 63.9 Å². The molecule has 112 valence electrons. The van der Waals surface area contributed by atoms with E-state index in [1.54, 1.807) is 24.5 Å². The maximum atomic E-state index is 11.8. The van der Waals surface area contributed by atoms with Crippen LogP contribution < -0.4 is 0 Å². The number of thiazole rings is 1. The molecule has 1 aromatic carbocycles. The van der Waals surface area contributed by atoms with E-state index in [2.05, 4.69) is 15.2 Å². The van der Waals surface area contributed by atoms with Gasteiger partial charge in [0.15, 0.2) is 5.71 Å². The number of esters is 1. The molecular weight excluding hydrogens is 298 g/mol. The Bertz CT molecular complexity index is 750. The van der Waals surface area contributed by atoms with Crippen molar-refractivity contribution in [3.05, 3.63) is 41.4 Å². The number of aromatic nitrogens is 1. The summed E-state index contributed by atoms with van der Waals surface area (Å²) in [5, 5.41) is 9.06. The highest BCUT2D eigenvalue weighted by molar-refractivity contribution is 7.17. The highest BCUT2D eigenvalue weighted by Gasteiger charge is 2.31. The number of benzene rings is 1. The molecule has 0 bridgehead atoms. The van der Waals surface area contributed by atoms with Gasteiger partial charge in [-0.25, -0.2) is 9.78 Å². The first kappa shape index (κ1) is 14.6. The lowest BCUT2D eigenvalue weighted by molar-refractivity contribution is -0.135. The molecule has 2 heterocycles. The Kier molecular flexibility index (Phi) is 4.11. The molecule has 1 aliphatic heterocycles. The second kappa shape index (κ2) is 6.19. The normalized spacial score (nSPS) is 17.1. The average Bonchev–Trinajstić information content (AvgIpc) is 3.15. The van der Waals surface area contributed by atoms with E-state index in [0.29, 0.717) is 12.3 Å². The van der Waals surface area contributed by atoms with Crippen molar-refractivity contribution >= 4 is 28.7 Å². The minimum atomic E-state index is -0.401. The van der Waals surface area contributed by atoms with Crippen LogP contribution >= 0.6 is 11.3 Å². The molecule has 0 amide bonds. The Morgan fingerprint density at radius 1 is 1.27 bits per heavy atom. The van der Waals surface area contributed by atoms with Crippen molar-refractivity contribution in [2.24, 2.45) is 16.1 Å². The molecule has 0 saturated carbocycles. The van der Waals surface area contributed by atoms with Gasteiger partial charge in [0.05, 0.1) is 23.1 Å². The average molecular weight is 313 g/mol. The standard InChI is InChI=1S/C16H15N3O2S/c1-3-21-16(20)14-10(2)13(18-19-14)12-9-17-15(22-12)11-7-5-4-6-8-11/h4-10H,3H2,1-2H3. The SMILES string of the molecule is CCOC(=O)C1=NN=C(c2cnc(-c3ccccc3)s2)C1C. The Hall–Kier alpha value is -2.34. The summed E-state index contributed by atoms with van der Waals surface area (Å²) < 4.78 is 5.00. The van der Waals surface area contributed by atoms with Crippen LogP contribution in [0, 0.1) is 5.92 Å². The second-order valence-corrected chi connectivity index (χ2v) is 5.84. The largest absolute Gasteiger partial charge is 0.461 e. The third-order valence-electron chi connectivity index (χ3n) is 3.35. The van der Waals surface area contributed by atoms with E-state index in [0.717, 1.165) is 21.2 Å². The minimum Gasteiger partial charge on any atom is -0.461 e. The summed E-state index contributed by atoms with van der Waals surface area (Å²) in [7, 11) is 0. The molecule has 3 rings (SSSR count). The van der Waals surface area contributed by atoms with Crippen molar-refractivity contribution in [2.45, 2.75) is 13.8 Å². The van der Waals surface area contributed by atoms with E-state index < -0.39 is 5.97 Å². The molecule has 5 nitrogen and oxygen atoms in total. The number of carbonyl (C=O) groups excluding carboxylic acids is 1. The predicted octanol–water partition coefficient (Wildman–Crippen LogP) is 3.17. The van der Waals surface area contributed by atoms with Crippen LogP contribution in [0.5, 0.6) is 0 Å². The van der Waals surface area contributed by atoms with Gasteiger partial charge in [0.25, 0.3) is 0 Å². The van der Waals surface area contributed by atoms with Crippen molar-refractivity contribution in [1.82, 2.24) is 4.98 Å². The van der Waals surface area contributed by atoms with Gasteiger partial charge in [0.2, 0.25) is 0 Å². The minimum absolute atomic E-state index is 0.178. The van der Waals surface area contributed by atoms with Crippen LogP contribution in [0.3, 0.4) is 0 Å². The van der Waals surface area contributed by atoms with E-state index in [4.69, 9.17) is 4.74 Å². The molecule has 6 heteroatoms. The molecule has 0 aliphatic carbocycles. The van der Waals surface area contributed by atoms with Crippen molar-refractivity contribution < 1.29 is 9.53 Å². The van der Waals surface area contributed by atoms with Crippen molar-refractivity contribution in [2.75, 3.05) is 6.61 Å². The first-order chi connectivity index (χ1) is 10.7. The Morgan fingerprint density at radius 2 is 2.05 bits per heavy atom. The zero-order chi connectivity index (χ0) is 15.5. The zero-order valence-corrected chi connectivity index (χ0v) is 13.1. The fourth-order valence-electron chi connectivity index (χ4n) is 2.20. The monoisotopic (exact) mass is 313 g/mol. The molecule has 0 saturated heterocycles. The summed E-state index contributed by atoms with van der Waals surface area (Å²) in [6.07, 6.45) is 1.78. The number of nitrogens with zero attached hydrogens (tertiary/aromatic N) is 3. The molecule has 0 spiro atoms. The van der Waals surface area contributed by atoms with Gasteiger partial charge in [-0.15, -0.1) is 16.4 Å². The highest BCUT2D eigenvalue weighted by Crippen LogP contribution is 2.28. The smallest absolute Gasteiger partial charge is 0.355 e. The third-order valence-corrected chi connectivity index (χ3v) is 4.42. The number of rotatable bonds is 4. The number of hydrogen-bond acceptors (Lipinski definition) is 6. The van der Waals surface area contributed by atoms with E-state index >= 15 is 0 Å². The van der Waals surface area contributed by atoms with Crippen LogP contribution in [0.25, 0.3) is 10.6 Å². The molecule has 0 N–H and O–H groups in total. The summed E-state index contributed by atoms with van der Waals surface area (Å²) in [6.45, 7) is 4.01. The summed E-state index contributed by atoms with van der Waals surface area (Å²) in [6, 6.07) is 9.97. The molecule has 1 aliphatic rings. The van der Waals surface area contributed by atoms with Gasteiger partial charge < -0.3 is 4.74 Å². The first-order valence-electron chi connectivity index (χ1n) is 7.05. The van der Waals surface area contributed by atoms with Gasteiger partial charge in [-0.05, 0) is 6.92 Å². The van der Waals surface area contributed by atoms with Gasteiger partial charge in [-0.2, -0.15) is 5.10 Å². The van der Waals surface area contributed by atoms with Gasteiger partial charge in [-0.1, -0.05) is 37.3 Å². The van der Waals surface area contributed by atoms with E-state index in [1.165, 1.54) is 0 Å². The number of hydrogen-bond donors (Lipinski definition) is 0. The van der Waals surface area contributed by atoms with Crippen LogP contribution in [0.4, 0.5) is 0 Å². The highest BCUT2D eigenvalue weighted by atomic mass is 32.1. The van der Waals surface area contributed by atoms with Crippen LogP contribution in [0.2, 0.25) is 0 Å². The summed E-state index contributed by atoms with van der Waals surface area (Å²) in [4.78, 5) is 17.2. The lowest BCUT2D eigenvalue weighted by atomic mass is 10.00. The molecule has 22 heavy (non-hydrogen) atoms. The number of carbonyl (C=O) groups is 1. The quantitative estimate of drug-likeness (QED) is 0.814. The molecule has 1 unspecified atom stereocenters. The van der Waals surface area contributed by atoms with Crippen molar-refractivity contribution in [3.63, 3.8) is 0 Å². The van der Waals surface area contributed by atoms with E-state index in [-0.39, 0.29) is 5.92 Å². The van der Waals surface area contributed by atoms with Crippen molar-refractivity contribution in [1.29, 1.82) is 0 Å². The van der Waals surface area contributed by atoms with Gasteiger partial charge in [-0.3, -0.25) is 0 Å². The lowest BCUT2D eigenvalue weighted by Gasteiger charge is -2.07. The van der Waals surface area contributed by atoms with E-state index in [9.17, 15) is 4.79 Å². The lowest BCUT2D eigenvalue weighted by Crippen LogP contribution is -2.26. The molecule has 0 radical (unpaired) electrons. The fraction of sp³-hybridized carbons (Fsp3) is 0.250.